The zero-order valence-corrected chi connectivity index (χ0v) is 12.4. The molecule has 0 atom stereocenters. The van der Waals surface area contributed by atoms with Gasteiger partial charge < -0.3 is 5.32 Å². The normalized spacial score (nSPS) is 21.7. The third-order valence-corrected chi connectivity index (χ3v) is 4.78. The Hall–Kier alpha value is -1.26. The van der Waals surface area contributed by atoms with Crippen LogP contribution in [0.3, 0.4) is 0 Å². The van der Waals surface area contributed by atoms with E-state index in [2.05, 4.69) is 15.7 Å². The van der Waals surface area contributed by atoms with Crippen LogP contribution in [0.2, 0.25) is 0 Å². The van der Waals surface area contributed by atoms with Gasteiger partial charge in [0.25, 0.3) is 0 Å². The van der Waals surface area contributed by atoms with Gasteiger partial charge in [-0.15, -0.1) is 11.3 Å². The van der Waals surface area contributed by atoms with Crippen molar-refractivity contribution in [3.63, 3.8) is 0 Å². The molecule has 0 amide bonds. The average molecular weight is 290 g/mol. The quantitative estimate of drug-likeness (QED) is 0.909. The number of nitrogens with zero attached hydrogens (tertiary/aromatic N) is 1. The molecule has 0 radical (unpaired) electrons. The molecule has 1 fully saturated rings. The van der Waals surface area contributed by atoms with Crippen molar-refractivity contribution in [2.24, 2.45) is 0 Å². The van der Waals surface area contributed by atoms with E-state index in [1.54, 1.807) is 23.5 Å². The summed E-state index contributed by atoms with van der Waals surface area (Å²) in [5, 5.41) is 6.86. The summed E-state index contributed by atoms with van der Waals surface area (Å²) < 4.78 is 12.9. The molecule has 0 bridgehead atoms. The van der Waals surface area contributed by atoms with Crippen LogP contribution >= 0.6 is 11.3 Å². The van der Waals surface area contributed by atoms with E-state index < -0.39 is 0 Å². The molecule has 0 unspecified atom stereocenters. The Morgan fingerprint density at radius 1 is 1.30 bits per heavy atom. The molecular formula is C16H19FN2S. The Kier molecular flexibility index (Phi) is 4.13. The lowest BCUT2D eigenvalue weighted by Crippen LogP contribution is -2.40. The summed E-state index contributed by atoms with van der Waals surface area (Å²) in [4.78, 5) is 4.47. The standard InChI is InChI=1S/C16H19FN2S/c1-11-19-15(10-20-11)6-7-18-16-8-13(9-16)12-2-4-14(17)5-3-12/h2-5,10,13,16,18H,6-9H2,1H3. The third kappa shape index (κ3) is 3.25. The lowest BCUT2D eigenvalue weighted by Gasteiger charge is -2.36. The molecule has 20 heavy (non-hydrogen) atoms. The van der Waals surface area contributed by atoms with Gasteiger partial charge in [0.05, 0.1) is 10.7 Å². The van der Waals surface area contributed by atoms with Crippen molar-refractivity contribution < 1.29 is 4.39 Å². The maximum absolute atomic E-state index is 12.9. The highest BCUT2D eigenvalue weighted by molar-refractivity contribution is 7.09. The highest BCUT2D eigenvalue weighted by Crippen LogP contribution is 2.36. The topological polar surface area (TPSA) is 24.9 Å². The molecule has 0 spiro atoms. The Morgan fingerprint density at radius 3 is 2.70 bits per heavy atom. The molecule has 4 heteroatoms. The molecule has 3 rings (SSSR count). The Labute approximate surface area is 123 Å². The largest absolute Gasteiger partial charge is 0.314 e. The van der Waals surface area contributed by atoms with E-state index in [1.807, 2.05) is 19.1 Å². The Bertz CT molecular complexity index is 558. The van der Waals surface area contributed by atoms with Crippen molar-refractivity contribution in [2.45, 2.75) is 38.1 Å². The number of nitrogens with one attached hydrogen (secondary N) is 1. The van der Waals surface area contributed by atoms with Gasteiger partial charge >= 0.3 is 0 Å². The lowest BCUT2D eigenvalue weighted by atomic mass is 9.76. The van der Waals surface area contributed by atoms with E-state index in [-0.39, 0.29) is 5.82 Å². The van der Waals surface area contributed by atoms with Crippen LogP contribution in [-0.2, 0) is 6.42 Å². The van der Waals surface area contributed by atoms with Crippen molar-refractivity contribution in [3.05, 3.63) is 51.7 Å². The maximum atomic E-state index is 12.9. The summed E-state index contributed by atoms with van der Waals surface area (Å²) in [5.74, 6) is 0.441. The van der Waals surface area contributed by atoms with Crippen molar-refractivity contribution in [3.8, 4) is 0 Å². The number of hydrogen-bond donors (Lipinski definition) is 1. The first kappa shape index (κ1) is 13.7. The fourth-order valence-corrected chi connectivity index (χ4v) is 3.37. The summed E-state index contributed by atoms with van der Waals surface area (Å²) in [5.41, 5.74) is 2.45. The molecule has 1 aromatic carbocycles. The molecule has 2 aromatic rings. The minimum absolute atomic E-state index is 0.152. The summed E-state index contributed by atoms with van der Waals surface area (Å²) in [7, 11) is 0. The molecule has 2 nitrogen and oxygen atoms in total. The molecule has 1 saturated carbocycles. The molecular weight excluding hydrogens is 271 g/mol. The summed E-state index contributed by atoms with van der Waals surface area (Å²) in [6.07, 6.45) is 3.31. The number of benzene rings is 1. The molecule has 0 saturated heterocycles. The van der Waals surface area contributed by atoms with Gasteiger partial charge in [-0.05, 0) is 43.4 Å². The molecule has 1 aliphatic rings. The minimum atomic E-state index is -0.152. The predicted molar refractivity (Wildman–Crippen MR) is 80.7 cm³/mol. The minimum Gasteiger partial charge on any atom is -0.314 e. The zero-order valence-electron chi connectivity index (χ0n) is 11.6. The lowest BCUT2D eigenvalue weighted by molar-refractivity contribution is 0.292. The average Bonchev–Trinajstić information content (AvgIpc) is 2.80. The summed E-state index contributed by atoms with van der Waals surface area (Å²) in [6.45, 7) is 3.03. The molecule has 1 N–H and O–H groups in total. The van der Waals surface area contributed by atoms with Crippen molar-refractivity contribution >= 4 is 11.3 Å². The van der Waals surface area contributed by atoms with Gasteiger partial charge in [0.1, 0.15) is 5.82 Å². The molecule has 1 heterocycles. The second kappa shape index (κ2) is 6.02. The number of aryl methyl sites for hydroxylation is 1. The Morgan fingerprint density at radius 2 is 2.05 bits per heavy atom. The highest BCUT2D eigenvalue weighted by Gasteiger charge is 2.29. The fraction of sp³-hybridized carbons (Fsp3) is 0.438. The molecule has 1 aliphatic carbocycles. The number of halogens is 1. The molecule has 106 valence electrons. The SMILES string of the molecule is Cc1nc(CCNC2CC(c3ccc(F)cc3)C2)cs1. The van der Waals surface area contributed by atoms with Crippen molar-refractivity contribution in [1.29, 1.82) is 0 Å². The smallest absolute Gasteiger partial charge is 0.123 e. The van der Waals surface area contributed by atoms with Gasteiger partial charge in [-0.3, -0.25) is 0 Å². The van der Waals surface area contributed by atoms with E-state index in [0.29, 0.717) is 12.0 Å². The van der Waals surface area contributed by atoms with Crippen LogP contribution in [0.25, 0.3) is 0 Å². The van der Waals surface area contributed by atoms with E-state index in [9.17, 15) is 4.39 Å². The highest BCUT2D eigenvalue weighted by atomic mass is 32.1. The number of hydrogen-bond acceptors (Lipinski definition) is 3. The summed E-state index contributed by atoms with van der Waals surface area (Å²) >= 11 is 1.71. The van der Waals surface area contributed by atoms with E-state index >= 15 is 0 Å². The maximum Gasteiger partial charge on any atom is 0.123 e. The van der Waals surface area contributed by atoms with Crippen LogP contribution in [-0.4, -0.2) is 17.6 Å². The van der Waals surface area contributed by atoms with Gasteiger partial charge in [-0.1, -0.05) is 12.1 Å². The van der Waals surface area contributed by atoms with Crippen molar-refractivity contribution in [2.75, 3.05) is 6.54 Å². The first-order valence-corrected chi connectivity index (χ1v) is 7.98. The van der Waals surface area contributed by atoms with Crippen molar-refractivity contribution in [1.82, 2.24) is 10.3 Å². The Balaban J connectivity index is 1.39. The van der Waals surface area contributed by atoms with Crippen LogP contribution < -0.4 is 5.32 Å². The van der Waals surface area contributed by atoms with Crippen LogP contribution in [0.15, 0.2) is 29.6 Å². The second-order valence-electron chi connectivity index (χ2n) is 5.48. The number of aromatic nitrogens is 1. The zero-order chi connectivity index (χ0) is 13.9. The first-order chi connectivity index (χ1) is 9.70. The number of thiazole rings is 1. The first-order valence-electron chi connectivity index (χ1n) is 7.10. The third-order valence-electron chi connectivity index (χ3n) is 3.96. The van der Waals surface area contributed by atoms with E-state index in [0.717, 1.165) is 30.8 Å². The second-order valence-corrected chi connectivity index (χ2v) is 6.54. The monoisotopic (exact) mass is 290 g/mol. The van der Waals surface area contributed by atoms with Gasteiger partial charge in [0, 0.05) is 24.4 Å². The number of rotatable bonds is 5. The van der Waals surface area contributed by atoms with Gasteiger partial charge in [0.2, 0.25) is 0 Å². The summed E-state index contributed by atoms with van der Waals surface area (Å²) in [6, 6.07) is 7.54. The fourth-order valence-electron chi connectivity index (χ4n) is 2.72. The van der Waals surface area contributed by atoms with Crippen LogP contribution in [0.1, 0.15) is 35.0 Å². The van der Waals surface area contributed by atoms with E-state index in [4.69, 9.17) is 0 Å². The van der Waals surface area contributed by atoms with Gasteiger partial charge in [-0.25, -0.2) is 9.37 Å². The van der Waals surface area contributed by atoms with Gasteiger partial charge in [-0.2, -0.15) is 0 Å². The van der Waals surface area contributed by atoms with Gasteiger partial charge in [0.15, 0.2) is 0 Å². The van der Waals surface area contributed by atoms with Crippen LogP contribution in [0.4, 0.5) is 4.39 Å². The molecule has 0 aliphatic heterocycles. The predicted octanol–water partition coefficient (Wildman–Crippen LogP) is 3.67. The van der Waals surface area contributed by atoms with Crippen LogP contribution in [0.5, 0.6) is 0 Å². The van der Waals surface area contributed by atoms with E-state index in [1.165, 1.54) is 11.3 Å². The molecule has 1 aromatic heterocycles. The van der Waals surface area contributed by atoms with Crippen LogP contribution in [0, 0.1) is 12.7 Å².